The molecule has 3 rings (SSSR count). The minimum absolute atomic E-state index is 0. The van der Waals surface area contributed by atoms with Crippen LogP contribution < -0.4 is 5.32 Å². The van der Waals surface area contributed by atoms with Crippen molar-refractivity contribution in [3.05, 3.63) is 15.6 Å². The van der Waals surface area contributed by atoms with E-state index in [4.69, 9.17) is 0 Å². The van der Waals surface area contributed by atoms with Gasteiger partial charge in [0, 0.05) is 19.1 Å². The molecule has 0 spiro atoms. The molecule has 0 unspecified atom stereocenters. The Labute approximate surface area is 161 Å². The Bertz CT molecular complexity index is 526. The molecular formula is C17H29Cl2N3OS. The number of halogens is 2. The Kier molecular flexibility index (Phi) is 8.99. The van der Waals surface area contributed by atoms with Crippen LogP contribution in [0, 0.1) is 12.8 Å². The molecular weight excluding hydrogens is 365 g/mol. The summed E-state index contributed by atoms with van der Waals surface area (Å²) in [5.41, 5.74) is 0.910. The number of hydrogen-bond acceptors (Lipinski definition) is 4. The van der Waals surface area contributed by atoms with Crippen LogP contribution in [-0.2, 0) is 6.42 Å². The van der Waals surface area contributed by atoms with Gasteiger partial charge in [-0.2, -0.15) is 0 Å². The van der Waals surface area contributed by atoms with Gasteiger partial charge in [0.25, 0.3) is 5.91 Å². The molecule has 4 nitrogen and oxygen atoms in total. The normalized spacial score (nSPS) is 18.0. The van der Waals surface area contributed by atoms with Gasteiger partial charge >= 0.3 is 0 Å². The standard InChI is InChI=1S/C17H27N3OS.2ClH/c1-3-4-15-19-12(2)16(22-15)17(21)20-9-7-14(8-10-20)18-11-13-5-6-13;;/h13-14,18H,3-11H2,1-2H3;2*1H. The number of aryl methyl sites for hydroxylation is 2. The average Bonchev–Trinajstić information content (AvgIpc) is 3.28. The van der Waals surface area contributed by atoms with Crippen LogP contribution in [-0.4, -0.2) is 41.5 Å². The zero-order valence-corrected chi connectivity index (χ0v) is 17.0. The summed E-state index contributed by atoms with van der Waals surface area (Å²) < 4.78 is 0. The average molecular weight is 394 g/mol. The second kappa shape index (κ2) is 9.95. The van der Waals surface area contributed by atoms with Crippen molar-refractivity contribution >= 4 is 42.1 Å². The van der Waals surface area contributed by atoms with E-state index in [0.29, 0.717) is 6.04 Å². The molecule has 2 fully saturated rings. The van der Waals surface area contributed by atoms with Crippen molar-refractivity contribution in [2.45, 2.75) is 58.4 Å². The van der Waals surface area contributed by atoms with Crippen LogP contribution in [0.25, 0.3) is 0 Å². The van der Waals surface area contributed by atoms with E-state index in [9.17, 15) is 4.79 Å². The van der Waals surface area contributed by atoms with Crippen molar-refractivity contribution in [1.29, 1.82) is 0 Å². The number of likely N-dealkylation sites (tertiary alicyclic amines) is 1. The number of thiazole rings is 1. The predicted molar refractivity (Wildman–Crippen MR) is 105 cm³/mol. The Hall–Kier alpha value is -0.360. The minimum Gasteiger partial charge on any atom is -0.338 e. The van der Waals surface area contributed by atoms with E-state index < -0.39 is 0 Å². The fraction of sp³-hybridized carbons (Fsp3) is 0.765. The third kappa shape index (κ3) is 5.58. The first kappa shape index (κ1) is 21.7. The van der Waals surface area contributed by atoms with Crippen molar-refractivity contribution < 1.29 is 4.79 Å². The zero-order valence-electron chi connectivity index (χ0n) is 14.5. The smallest absolute Gasteiger partial charge is 0.265 e. The summed E-state index contributed by atoms with van der Waals surface area (Å²) in [5, 5.41) is 4.77. The Morgan fingerprint density at radius 1 is 1.25 bits per heavy atom. The van der Waals surface area contributed by atoms with E-state index in [0.717, 1.165) is 60.3 Å². The van der Waals surface area contributed by atoms with Crippen molar-refractivity contribution in [2.24, 2.45) is 5.92 Å². The highest BCUT2D eigenvalue weighted by molar-refractivity contribution is 7.13. The van der Waals surface area contributed by atoms with Gasteiger partial charge in [0.05, 0.1) is 10.7 Å². The maximum Gasteiger partial charge on any atom is 0.265 e. The van der Waals surface area contributed by atoms with Gasteiger partial charge in [0.2, 0.25) is 0 Å². The molecule has 1 aliphatic heterocycles. The van der Waals surface area contributed by atoms with Crippen LogP contribution in [0.3, 0.4) is 0 Å². The molecule has 24 heavy (non-hydrogen) atoms. The number of carbonyl (C=O) groups is 1. The molecule has 2 aliphatic rings. The number of nitrogens with one attached hydrogen (secondary N) is 1. The second-order valence-electron chi connectivity index (χ2n) is 6.69. The van der Waals surface area contributed by atoms with Gasteiger partial charge in [-0.3, -0.25) is 4.79 Å². The summed E-state index contributed by atoms with van der Waals surface area (Å²) in [6.45, 7) is 7.04. The molecule has 1 aliphatic carbocycles. The van der Waals surface area contributed by atoms with Crippen LogP contribution >= 0.6 is 36.2 Å². The number of carbonyl (C=O) groups excluding carboxylic acids is 1. The highest BCUT2D eigenvalue weighted by Crippen LogP contribution is 2.28. The molecule has 1 saturated carbocycles. The van der Waals surface area contributed by atoms with E-state index in [-0.39, 0.29) is 30.7 Å². The summed E-state index contributed by atoms with van der Waals surface area (Å²) in [7, 11) is 0. The largest absolute Gasteiger partial charge is 0.338 e. The first-order valence-corrected chi connectivity index (χ1v) is 9.48. The van der Waals surface area contributed by atoms with Crippen LogP contribution in [0.15, 0.2) is 0 Å². The van der Waals surface area contributed by atoms with E-state index in [1.54, 1.807) is 11.3 Å². The lowest BCUT2D eigenvalue weighted by atomic mass is 10.0. The summed E-state index contributed by atoms with van der Waals surface area (Å²) >= 11 is 1.59. The second-order valence-corrected chi connectivity index (χ2v) is 7.77. The lowest BCUT2D eigenvalue weighted by Crippen LogP contribution is -2.45. The number of rotatable bonds is 6. The third-order valence-corrected chi connectivity index (χ3v) is 5.88. The molecule has 0 bridgehead atoms. The quantitative estimate of drug-likeness (QED) is 0.797. The summed E-state index contributed by atoms with van der Waals surface area (Å²) in [6.07, 6.45) is 7.02. The maximum atomic E-state index is 12.7. The highest BCUT2D eigenvalue weighted by Gasteiger charge is 2.27. The van der Waals surface area contributed by atoms with Crippen molar-refractivity contribution in [3.8, 4) is 0 Å². The van der Waals surface area contributed by atoms with Gasteiger partial charge in [-0.25, -0.2) is 4.98 Å². The van der Waals surface area contributed by atoms with E-state index in [1.165, 1.54) is 19.4 Å². The molecule has 1 amide bonds. The van der Waals surface area contributed by atoms with Gasteiger partial charge in [-0.15, -0.1) is 36.2 Å². The SMILES string of the molecule is CCCc1nc(C)c(C(=O)N2CCC(NCC3CC3)CC2)s1.Cl.Cl. The van der Waals surface area contributed by atoms with Gasteiger partial charge in [0.15, 0.2) is 0 Å². The Morgan fingerprint density at radius 2 is 1.92 bits per heavy atom. The molecule has 1 N–H and O–H groups in total. The molecule has 2 heterocycles. The molecule has 0 radical (unpaired) electrons. The molecule has 0 aromatic carbocycles. The number of aromatic nitrogens is 1. The van der Waals surface area contributed by atoms with Crippen LogP contribution in [0.5, 0.6) is 0 Å². The molecule has 138 valence electrons. The third-order valence-electron chi connectivity index (χ3n) is 4.67. The lowest BCUT2D eigenvalue weighted by Gasteiger charge is -2.32. The van der Waals surface area contributed by atoms with Crippen molar-refractivity contribution in [1.82, 2.24) is 15.2 Å². The lowest BCUT2D eigenvalue weighted by molar-refractivity contribution is 0.0709. The van der Waals surface area contributed by atoms with Crippen molar-refractivity contribution in [3.63, 3.8) is 0 Å². The maximum absolute atomic E-state index is 12.7. The zero-order chi connectivity index (χ0) is 15.5. The fourth-order valence-electron chi connectivity index (χ4n) is 3.06. The molecule has 1 saturated heterocycles. The first-order valence-electron chi connectivity index (χ1n) is 8.66. The topological polar surface area (TPSA) is 45.2 Å². The molecule has 1 aromatic rings. The summed E-state index contributed by atoms with van der Waals surface area (Å²) in [5.74, 6) is 1.12. The summed E-state index contributed by atoms with van der Waals surface area (Å²) in [6, 6.07) is 0.600. The van der Waals surface area contributed by atoms with Crippen LogP contribution in [0.1, 0.15) is 59.4 Å². The van der Waals surface area contributed by atoms with Crippen molar-refractivity contribution in [2.75, 3.05) is 19.6 Å². The number of piperidine rings is 1. The minimum atomic E-state index is 0. The van der Waals surface area contributed by atoms with Gasteiger partial charge < -0.3 is 10.2 Å². The Balaban J connectivity index is 0.00000144. The van der Waals surface area contributed by atoms with E-state index >= 15 is 0 Å². The fourth-order valence-corrected chi connectivity index (χ4v) is 4.19. The van der Waals surface area contributed by atoms with Gasteiger partial charge in [0.1, 0.15) is 4.88 Å². The number of amides is 1. The molecule has 0 atom stereocenters. The Morgan fingerprint density at radius 3 is 2.50 bits per heavy atom. The monoisotopic (exact) mass is 393 g/mol. The van der Waals surface area contributed by atoms with Gasteiger partial charge in [-0.1, -0.05) is 6.92 Å². The highest BCUT2D eigenvalue weighted by atomic mass is 35.5. The molecule has 7 heteroatoms. The van der Waals surface area contributed by atoms with Crippen LogP contribution in [0.2, 0.25) is 0 Å². The van der Waals surface area contributed by atoms with Crippen LogP contribution in [0.4, 0.5) is 0 Å². The molecule has 1 aromatic heterocycles. The number of hydrogen-bond donors (Lipinski definition) is 1. The van der Waals surface area contributed by atoms with Gasteiger partial charge in [-0.05, 0) is 57.9 Å². The van der Waals surface area contributed by atoms with E-state index in [2.05, 4.69) is 17.2 Å². The summed E-state index contributed by atoms with van der Waals surface area (Å²) in [4.78, 5) is 20.1. The first-order chi connectivity index (χ1) is 10.7. The number of nitrogens with zero attached hydrogens (tertiary/aromatic N) is 2. The predicted octanol–water partition coefficient (Wildman–Crippen LogP) is 3.85. The van der Waals surface area contributed by atoms with E-state index in [1.807, 2.05) is 11.8 Å².